The minimum absolute atomic E-state index is 0.0892. The minimum Gasteiger partial charge on any atom is -0.382 e. The number of piperidine rings is 1. The number of nitrogens with zero attached hydrogens (tertiary/aromatic N) is 5. The summed E-state index contributed by atoms with van der Waals surface area (Å²) >= 11 is 5.86. The van der Waals surface area contributed by atoms with Crippen molar-refractivity contribution >= 4 is 41.0 Å². The number of aromatic nitrogens is 2. The number of alkyl halides is 3. The number of carbonyl (C=O) groups excluding carboxylic acids is 2. The zero-order valence-electron chi connectivity index (χ0n) is 21.7. The van der Waals surface area contributed by atoms with Crippen molar-refractivity contribution in [3.8, 4) is 0 Å². The van der Waals surface area contributed by atoms with Crippen molar-refractivity contribution in [2.75, 3.05) is 37.6 Å². The quantitative estimate of drug-likeness (QED) is 0.420. The second-order valence-electron chi connectivity index (χ2n) is 10.1. The standard InChI is InChI=1S/C26H27ClF3N9O2/c27-19-21(32)35-20(31)18(34-19)22(40)36-24-33-14-25(37-24)6-9-39(10-7-25)23(41)16-4-2-8-38(13-16)12-15-3-1-5-17(11-15)26(28,29)30/h1-5,11,13H,6-10,12,14H2,(H4,31,32,35)(H2,33,36,37,40). The van der Waals surface area contributed by atoms with E-state index in [9.17, 15) is 22.8 Å². The average molecular weight is 590 g/mol. The molecule has 216 valence electrons. The minimum atomic E-state index is -4.42. The third-order valence-corrected chi connectivity index (χ3v) is 7.43. The molecule has 2 saturated heterocycles. The summed E-state index contributed by atoms with van der Waals surface area (Å²) in [6, 6.07) is 5.18. The number of rotatable bonds is 4. The Labute approximate surface area is 238 Å². The third kappa shape index (κ3) is 6.21. The molecule has 3 aliphatic rings. The van der Waals surface area contributed by atoms with Gasteiger partial charge < -0.3 is 31.9 Å². The van der Waals surface area contributed by atoms with Gasteiger partial charge in [0.15, 0.2) is 28.4 Å². The fourth-order valence-electron chi connectivity index (χ4n) is 4.96. The number of amides is 2. The highest BCUT2D eigenvalue weighted by Crippen LogP contribution is 2.30. The Bertz CT molecular complexity index is 1470. The fraction of sp³-hybridized carbons (Fsp3) is 0.346. The molecule has 1 spiro atoms. The molecule has 1 aromatic heterocycles. The lowest BCUT2D eigenvalue weighted by molar-refractivity contribution is -0.137. The Morgan fingerprint density at radius 2 is 1.90 bits per heavy atom. The van der Waals surface area contributed by atoms with Crippen molar-refractivity contribution in [3.63, 3.8) is 0 Å². The largest absolute Gasteiger partial charge is 0.416 e. The van der Waals surface area contributed by atoms with Crippen LogP contribution in [-0.2, 0) is 17.5 Å². The molecular formula is C26H27ClF3N9O2. The van der Waals surface area contributed by atoms with Gasteiger partial charge in [-0.1, -0.05) is 35.9 Å². The SMILES string of the molecule is Nc1nc(N)c(C(=O)/N=C2\NCC3(CCN(C(=O)C4=CN(Cc5cccc(C(F)(F)F)c5)CC=C4)CC3)N2)nc1Cl. The van der Waals surface area contributed by atoms with Gasteiger partial charge in [0.1, 0.15) is 0 Å². The molecule has 15 heteroatoms. The third-order valence-electron chi connectivity index (χ3n) is 7.15. The highest BCUT2D eigenvalue weighted by molar-refractivity contribution is 6.31. The van der Waals surface area contributed by atoms with E-state index < -0.39 is 23.2 Å². The van der Waals surface area contributed by atoms with Gasteiger partial charge in [0.2, 0.25) is 0 Å². The first kappa shape index (κ1) is 28.2. The Hall–Kier alpha value is -4.33. The van der Waals surface area contributed by atoms with Crippen molar-refractivity contribution in [1.82, 2.24) is 30.4 Å². The van der Waals surface area contributed by atoms with Gasteiger partial charge in [-0.2, -0.15) is 18.2 Å². The topological polar surface area (TPSA) is 155 Å². The monoisotopic (exact) mass is 589 g/mol. The second kappa shape index (κ2) is 10.9. The van der Waals surface area contributed by atoms with E-state index in [0.29, 0.717) is 50.2 Å². The van der Waals surface area contributed by atoms with Gasteiger partial charge in [0.05, 0.1) is 16.7 Å². The molecule has 0 atom stereocenters. The summed E-state index contributed by atoms with van der Waals surface area (Å²) in [7, 11) is 0. The zero-order chi connectivity index (χ0) is 29.4. The number of likely N-dealkylation sites (tertiary alicyclic amines) is 1. The summed E-state index contributed by atoms with van der Waals surface area (Å²) in [4.78, 5) is 41.1. The number of anilines is 2. The summed E-state index contributed by atoms with van der Waals surface area (Å²) < 4.78 is 39.2. The summed E-state index contributed by atoms with van der Waals surface area (Å²) in [6.45, 7) is 2.13. The zero-order valence-corrected chi connectivity index (χ0v) is 22.5. The Kier molecular flexibility index (Phi) is 7.51. The lowest BCUT2D eigenvalue weighted by atomic mass is 9.88. The Morgan fingerprint density at radius 1 is 1.15 bits per heavy atom. The fourth-order valence-corrected chi connectivity index (χ4v) is 5.09. The van der Waals surface area contributed by atoms with Crippen molar-refractivity contribution in [2.45, 2.75) is 31.1 Å². The number of carbonyl (C=O) groups is 2. The molecule has 41 heavy (non-hydrogen) atoms. The van der Waals surface area contributed by atoms with Gasteiger partial charge in [-0.25, -0.2) is 9.97 Å². The molecule has 0 unspecified atom stereocenters. The smallest absolute Gasteiger partial charge is 0.382 e. The van der Waals surface area contributed by atoms with Gasteiger partial charge in [0.25, 0.3) is 5.91 Å². The molecule has 4 heterocycles. The van der Waals surface area contributed by atoms with Crippen LogP contribution >= 0.6 is 11.6 Å². The number of halogens is 4. The summed E-state index contributed by atoms with van der Waals surface area (Å²) in [5, 5.41) is 6.19. The van der Waals surface area contributed by atoms with E-state index in [4.69, 9.17) is 23.1 Å². The van der Waals surface area contributed by atoms with Crippen LogP contribution in [0.5, 0.6) is 0 Å². The molecule has 11 nitrogen and oxygen atoms in total. The maximum absolute atomic E-state index is 13.3. The highest BCUT2D eigenvalue weighted by Gasteiger charge is 2.41. The van der Waals surface area contributed by atoms with Crippen molar-refractivity contribution in [1.29, 1.82) is 0 Å². The highest BCUT2D eigenvalue weighted by atomic mass is 35.5. The molecule has 2 fully saturated rings. The van der Waals surface area contributed by atoms with Crippen LogP contribution in [0.2, 0.25) is 5.15 Å². The molecule has 0 radical (unpaired) electrons. The maximum Gasteiger partial charge on any atom is 0.416 e. The Balaban J connectivity index is 1.19. The van der Waals surface area contributed by atoms with E-state index in [-0.39, 0.29) is 40.9 Å². The first-order chi connectivity index (χ1) is 19.4. The molecule has 0 bridgehead atoms. The van der Waals surface area contributed by atoms with Crippen LogP contribution in [0.3, 0.4) is 0 Å². The van der Waals surface area contributed by atoms with Crippen LogP contribution < -0.4 is 22.1 Å². The number of benzene rings is 1. The van der Waals surface area contributed by atoms with Gasteiger partial charge in [-0.05, 0) is 30.5 Å². The van der Waals surface area contributed by atoms with Gasteiger partial charge in [-0.15, -0.1) is 0 Å². The number of hydrogen-bond donors (Lipinski definition) is 4. The molecule has 2 amide bonds. The number of guanidine groups is 1. The Morgan fingerprint density at radius 3 is 2.63 bits per heavy atom. The number of aliphatic imine (C=N–C) groups is 1. The van der Waals surface area contributed by atoms with Crippen LogP contribution in [0.1, 0.15) is 34.5 Å². The predicted octanol–water partition coefficient (Wildman–Crippen LogP) is 2.32. The summed E-state index contributed by atoms with van der Waals surface area (Å²) in [5.41, 5.74) is 10.9. The normalized spacial score (nSPS) is 19.2. The van der Waals surface area contributed by atoms with Gasteiger partial charge >= 0.3 is 12.1 Å². The molecule has 0 aliphatic carbocycles. The molecule has 6 N–H and O–H groups in total. The molecule has 5 rings (SSSR count). The van der Waals surface area contributed by atoms with Gasteiger partial charge in [-0.3, -0.25) is 9.59 Å². The molecule has 3 aliphatic heterocycles. The number of nitrogen functional groups attached to an aromatic ring is 2. The van der Waals surface area contributed by atoms with Crippen LogP contribution in [0.25, 0.3) is 0 Å². The van der Waals surface area contributed by atoms with Crippen LogP contribution in [0, 0.1) is 0 Å². The number of hydrogen-bond acceptors (Lipinski definition) is 7. The lowest BCUT2D eigenvalue weighted by Gasteiger charge is -2.39. The van der Waals surface area contributed by atoms with E-state index in [1.165, 1.54) is 6.07 Å². The molecule has 0 saturated carbocycles. The van der Waals surface area contributed by atoms with Crippen molar-refractivity contribution in [2.24, 2.45) is 4.99 Å². The van der Waals surface area contributed by atoms with Gasteiger partial charge in [0, 0.05) is 38.9 Å². The number of nitrogens with one attached hydrogen (secondary N) is 2. The van der Waals surface area contributed by atoms with Crippen molar-refractivity contribution < 1.29 is 22.8 Å². The average Bonchev–Trinajstić information content (AvgIpc) is 3.32. The summed E-state index contributed by atoms with van der Waals surface area (Å²) in [5.74, 6) is -0.905. The van der Waals surface area contributed by atoms with E-state index in [2.05, 4.69) is 25.6 Å². The van der Waals surface area contributed by atoms with Crippen LogP contribution in [0.4, 0.5) is 24.8 Å². The van der Waals surface area contributed by atoms with E-state index in [1.807, 2.05) is 11.0 Å². The maximum atomic E-state index is 13.3. The van der Waals surface area contributed by atoms with Crippen LogP contribution in [0.15, 0.2) is 53.2 Å². The first-order valence-electron chi connectivity index (χ1n) is 12.7. The predicted molar refractivity (Wildman–Crippen MR) is 146 cm³/mol. The number of nitrogens with two attached hydrogens (primary N) is 2. The van der Waals surface area contributed by atoms with E-state index >= 15 is 0 Å². The molecule has 1 aromatic carbocycles. The van der Waals surface area contributed by atoms with Crippen LogP contribution in [-0.4, -0.2) is 69.3 Å². The van der Waals surface area contributed by atoms with E-state index in [0.717, 1.165) is 12.1 Å². The molecule has 2 aromatic rings. The summed E-state index contributed by atoms with van der Waals surface area (Å²) in [6.07, 6.45) is 2.02. The molecular weight excluding hydrogens is 563 g/mol. The van der Waals surface area contributed by atoms with E-state index in [1.54, 1.807) is 23.2 Å². The van der Waals surface area contributed by atoms with Crippen molar-refractivity contribution in [3.05, 3.63) is 70.2 Å². The lowest BCUT2D eigenvalue weighted by Crippen LogP contribution is -2.54. The second-order valence-corrected chi connectivity index (χ2v) is 10.4. The first-order valence-corrected chi connectivity index (χ1v) is 13.1.